The minimum atomic E-state index is -0.294. The van der Waals surface area contributed by atoms with Crippen LogP contribution < -0.4 is 11.5 Å². The molecule has 0 spiro atoms. The van der Waals surface area contributed by atoms with Crippen LogP contribution in [-0.2, 0) is 4.74 Å². The summed E-state index contributed by atoms with van der Waals surface area (Å²) in [6, 6.07) is 6.74. The first-order valence-electron chi connectivity index (χ1n) is 8.54. The van der Waals surface area contributed by atoms with Crippen molar-refractivity contribution in [2.45, 2.75) is 40.0 Å². The third-order valence-corrected chi connectivity index (χ3v) is 3.49. The van der Waals surface area contributed by atoms with Crippen LogP contribution in [-0.4, -0.2) is 43.7 Å². The maximum absolute atomic E-state index is 11.6. The Morgan fingerprint density at radius 2 is 1.70 bits per heavy atom. The molecule has 0 bridgehead atoms. The number of unbranched alkanes of at least 4 members (excludes halogenated alkanes) is 2. The number of rotatable bonds is 9. The van der Waals surface area contributed by atoms with Crippen molar-refractivity contribution in [2.24, 2.45) is 5.73 Å². The van der Waals surface area contributed by atoms with Gasteiger partial charge in [0.15, 0.2) is 0 Å². The van der Waals surface area contributed by atoms with Crippen molar-refractivity contribution in [1.29, 1.82) is 0 Å². The zero-order chi connectivity index (χ0) is 17.5. The van der Waals surface area contributed by atoms with Crippen LogP contribution in [0.3, 0.4) is 0 Å². The highest BCUT2D eigenvalue weighted by Crippen LogP contribution is 2.06. The van der Waals surface area contributed by atoms with Crippen LogP contribution in [0.4, 0.5) is 5.69 Å². The highest BCUT2D eigenvalue weighted by molar-refractivity contribution is 5.89. The zero-order valence-electron chi connectivity index (χ0n) is 14.9. The summed E-state index contributed by atoms with van der Waals surface area (Å²) in [5.41, 5.74) is 11.9. The fraction of sp³-hybridized carbons (Fsp3) is 0.611. The van der Waals surface area contributed by atoms with Gasteiger partial charge in [0.1, 0.15) is 6.61 Å². The molecular formula is C18H33N3O2. The Labute approximate surface area is 141 Å². The van der Waals surface area contributed by atoms with Gasteiger partial charge in [-0.25, -0.2) is 4.79 Å². The summed E-state index contributed by atoms with van der Waals surface area (Å²) in [5, 5.41) is 0. The van der Waals surface area contributed by atoms with Gasteiger partial charge in [-0.15, -0.1) is 0 Å². The van der Waals surface area contributed by atoms with Gasteiger partial charge in [0.05, 0.1) is 5.56 Å². The van der Waals surface area contributed by atoms with Crippen LogP contribution in [0.1, 0.15) is 50.4 Å². The Morgan fingerprint density at radius 1 is 1.09 bits per heavy atom. The van der Waals surface area contributed by atoms with Gasteiger partial charge in [-0.2, -0.15) is 0 Å². The number of ether oxygens (including phenoxy) is 1. The summed E-state index contributed by atoms with van der Waals surface area (Å²) >= 11 is 0. The van der Waals surface area contributed by atoms with E-state index in [4.69, 9.17) is 16.2 Å². The second-order valence-corrected chi connectivity index (χ2v) is 5.28. The van der Waals surface area contributed by atoms with Crippen molar-refractivity contribution in [3.8, 4) is 0 Å². The summed E-state index contributed by atoms with van der Waals surface area (Å²) in [7, 11) is 0. The molecule has 0 amide bonds. The van der Waals surface area contributed by atoms with Crippen LogP contribution in [0, 0.1) is 0 Å². The molecule has 0 saturated carbocycles. The van der Waals surface area contributed by atoms with Gasteiger partial charge in [0.2, 0.25) is 0 Å². The van der Waals surface area contributed by atoms with E-state index in [-0.39, 0.29) is 5.97 Å². The van der Waals surface area contributed by atoms with E-state index in [1.807, 2.05) is 0 Å². The molecule has 0 radical (unpaired) electrons. The van der Waals surface area contributed by atoms with Crippen LogP contribution in [0.25, 0.3) is 0 Å². The molecule has 0 atom stereocenters. The molecule has 132 valence electrons. The number of nitrogens with two attached hydrogens (primary N) is 2. The van der Waals surface area contributed by atoms with E-state index in [1.165, 1.54) is 19.3 Å². The molecule has 5 heteroatoms. The predicted molar refractivity (Wildman–Crippen MR) is 97.5 cm³/mol. The second kappa shape index (κ2) is 14.0. The molecule has 4 N–H and O–H groups in total. The van der Waals surface area contributed by atoms with E-state index < -0.39 is 0 Å². The van der Waals surface area contributed by atoms with Crippen LogP contribution >= 0.6 is 0 Å². The Balaban J connectivity index is 0.000000688. The Morgan fingerprint density at radius 3 is 2.13 bits per heavy atom. The normalized spacial score (nSPS) is 10.1. The van der Waals surface area contributed by atoms with E-state index in [0.717, 1.165) is 26.2 Å². The summed E-state index contributed by atoms with van der Waals surface area (Å²) in [6.07, 6.45) is 3.75. The number of carbonyl (C=O) groups excluding carboxylic acids is 1. The van der Waals surface area contributed by atoms with Gasteiger partial charge in [-0.05, 0) is 50.3 Å². The molecule has 5 nitrogen and oxygen atoms in total. The highest BCUT2D eigenvalue weighted by Gasteiger charge is 2.07. The number of hydrogen-bond donors (Lipinski definition) is 2. The van der Waals surface area contributed by atoms with Crippen molar-refractivity contribution in [3.63, 3.8) is 0 Å². The smallest absolute Gasteiger partial charge is 0.338 e. The number of anilines is 1. The number of benzene rings is 1. The van der Waals surface area contributed by atoms with Gasteiger partial charge in [-0.1, -0.05) is 33.6 Å². The summed E-state index contributed by atoms with van der Waals surface area (Å²) < 4.78 is 5.18. The molecule has 0 heterocycles. The number of likely N-dealkylation sites (N-methyl/N-ethyl adjacent to an activating group) is 1. The third-order valence-electron chi connectivity index (χ3n) is 3.49. The molecule has 0 aliphatic carbocycles. The molecule has 23 heavy (non-hydrogen) atoms. The SMILES string of the molecule is CCCCCN.CCN(CC)CCOC(=O)c1ccc(N)cc1. The van der Waals surface area contributed by atoms with Crippen molar-refractivity contribution >= 4 is 11.7 Å². The minimum Gasteiger partial charge on any atom is -0.461 e. The van der Waals surface area contributed by atoms with E-state index in [9.17, 15) is 4.79 Å². The first kappa shape index (κ1) is 21.4. The number of esters is 1. The van der Waals surface area contributed by atoms with Gasteiger partial charge < -0.3 is 21.1 Å². The van der Waals surface area contributed by atoms with E-state index >= 15 is 0 Å². The summed E-state index contributed by atoms with van der Waals surface area (Å²) in [4.78, 5) is 13.8. The van der Waals surface area contributed by atoms with Crippen molar-refractivity contribution < 1.29 is 9.53 Å². The van der Waals surface area contributed by atoms with E-state index in [0.29, 0.717) is 17.9 Å². The largest absolute Gasteiger partial charge is 0.461 e. The lowest BCUT2D eigenvalue weighted by atomic mass is 10.2. The fourth-order valence-electron chi connectivity index (χ4n) is 1.90. The quantitative estimate of drug-likeness (QED) is 0.415. The topological polar surface area (TPSA) is 81.6 Å². The lowest BCUT2D eigenvalue weighted by Crippen LogP contribution is -2.27. The van der Waals surface area contributed by atoms with Crippen LogP contribution in [0.5, 0.6) is 0 Å². The molecule has 0 aromatic heterocycles. The van der Waals surface area contributed by atoms with Crippen molar-refractivity contribution in [3.05, 3.63) is 29.8 Å². The summed E-state index contributed by atoms with van der Waals surface area (Å²) in [6.45, 7) is 10.3. The molecule has 0 saturated heterocycles. The maximum Gasteiger partial charge on any atom is 0.338 e. The zero-order valence-corrected chi connectivity index (χ0v) is 14.9. The van der Waals surface area contributed by atoms with Crippen LogP contribution in [0.2, 0.25) is 0 Å². The lowest BCUT2D eigenvalue weighted by Gasteiger charge is -2.17. The van der Waals surface area contributed by atoms with Crippen molar-refractivity contribution in [2.75, 3.05) is 38.5 Å². The molecule has 0 unspecified atom stereocenters. The summed E-state index contributed by atoms with van der Waals surface area (Å²) in [5.74, 6) is -0.294. The van der Waals surface area contributed by atoms with Crippen LogP contribution in [0.15, 0.2) is 24.3 Å². The monoisotopic (exact) mass is 323 g/mol. The van der Waals surface area contributed by atoms with E-state index in [2.05, 4.69) is 25.7 Å². The third kappa shape index (κ3) is 10.7. The molecule has 0 aliphatic heterocycles. The molecule has 1 rings (SSSR count). The minimum absolute atomic E-state index is 0.294. The first-order chi connectivity index (χ1) is 11.1. The Bertz CT molecular complexity index is 399. The van der Waals surface area contributed by atoms with Gasteiger partial charge in [-0.3, -0.25) is 0 Å². The van der Waals surface area contributed by atoms with Crippen molar-refractivity contribution in [1.82, 2.24) is 4.90 Å². The number of nitrogen functional groups attached to an aromatic ring is 1. The Kier molecular flexibility index (Phi) is 13.1. The Hall–Kier alpha value is -1.59. The number of carbonyl (C=O) groups is 1. The molecule has 0 aliphatic rings. The van der Waals surface area contributed by atoms with Gasteiger partial charge in [0, 0.05) is 12.2 Å². The number of hydrogen-bond acceptors (Lipinski definition) is 5. The average molecular weight is 323 g/mol. The second-order valence-electron chi connectivity index (χ2n) is 5.28. The fourth-order valence-corrected chi connectivity index (χ4v) is 1.90. The van der Waals surface area contributed by atoms with Gasteiger partial charge >= 0.3 is 5.97 Å². The molecule has 1 aromatic carbocycles. The number of nitrogens with zero attached hydrogens (tertiary/aromatic N) is 1. The first-order valence-corrected chi connectivity index (χ1v) is 8.54. The lowest BCUT2D eigenvalue weighted by molar-refractivity contribution is 0.0466. The maximum atomic E-state index is 11.6. The molecule has 0 fully saturated rings. The molecular weight excluding hydrogens is 290 g/mol. The molecule has 1 aromatic rings. The standard InChI is InChI=1S/C13H20N2O2.C5H13N/c1-3-15(4-2)9-10-17-13(16)11-5-7-12(14)8-6-11;1-2-3-4-5-6/h5-8H,3-4,9-10,14H2,1-2H3;2-6H2,1H3. The van der Waals surface area contributed by atoms with E-state index in [1.54, 1.807) is 24.3 Å². The highest BCUT2D eigenvalue weighted by atomic mass is 16.5. The average Bonchev–Trinajstić information content (AvgIpc) is 2.58. The van der Waals surface area contributed by atoms with Gasteiger partial charge in [0.25, 0.3) is 0 Å². The predicted octanol–water partition coefficient (Wildman–Crippen LogP) is 2.90.